The van der Waals surface area contributed by atoms with Crippen molar-refractivity contribution < 1.29 is 14.8 Å². The van der Waals surface area contributed by atoms with Gasteiger partial charge >= 0.3 is 5.97 Å². The van der Waals surface area contributed by atoms with E-state index < -0.39 is 22.9 Å². The van der Waals surface area contributed by atoms with E-state index in [4.69, 9.17) is 17.3 Å². The maximum absolute atomic E-state index is 12.2. The lowest BCUT2D eigenvalue weighted by atomic mass is 10.2. The van der Waals surface area contributed by atoms with Gasteiger partial charge in [0.1, 0.15) is 0 Å². The molecule has 2 rings (SSSR count). The average Bonchev–Trinajstić information content (AvgIpc) is 2.42. The van der Waals surface area contributed by atoms with Gasteiger partial charge in [0.05, 0.1) is 17.0 Å². The Hall–Kier alpha value is -2.81. The molecule has 0 amide bonds. The number of aromatic amines is 1. The van der Waals surface area contributed by atoms with Crippen molar-refractivity contribution in [2.45, 2.75) is 6.42 Å². The highest BCUT2D eigenvalue weighted by Crippen LogP contribution is 2.15. The zero-order chi connectivity index (χ0) is 15.6. The SMILES string of the molecule is O=C(O)Cc1c[nH]c(=S)n(-c2cccc([N+](=O)[O-])c2)c1=O. The summed E-state index contributed by atoms with van der Waals surface area (Å²) >= 11 is 4.99. The number of hydrogen-bond acceptors (Lipinski definition) is 5. The number of aliphatic carboxylic acids is 1. The number of benzene rings is 1. The summed E-state index contributed by atoms with van der Waals surface area (Å²) in [6, 6.07) is 5.36. The Morgan fingerprint density at radius 2 is 2.19 bits per heavy atom. The number of nitro benzene ring substituents is 1. The van der Waals surface area contributed by atoms with Crippen LogP contribution in [0.4, 0.5) is 5.69 Å². The molecule has 0 radical (unpaired) electrons. The van der Waals surface area contributed by atoms with E-state index in [1.54, 1.807) is 0 Å². The molecule has 1 aromatic heterocycles. The topological polar surface area (TPSA) is 118 Å². The van der Waals surface area contributed by atoms with Crippen LogP contribution in [0.1, 0.15) is 5.56 Å². The van der Waals surface area contributed by atoms with Crippen molar-refractivity contribution in [1.29, 1.82) is 0 Å². The maximum Gasteiger partial charge on any atom is 0.308 e. The van der Waals surface area contributed by atoms with Crippen molar-refractivity contribution >= 4 is 23.9 Å². The van der Waals surface area contributed by atoms with Crippen molar-refractivity contribution in [3.05, 3.63) is 61.3 Å². The summed E-state index contributed by atoms with van der Waals surface area (Å²) in [7, 11) is 0. The lowest BCUT2D eigenvalue weighted by Gasteiger charge is -2.07. The molecule has 0 aliphatic rings. The first kappa shape index (κ1) is 14.6. The van der Waals surface area contributed by atoms with E-state index in [2.05, 4.69) is 4.98 Å². The fraction of sp³-hybridized carbons (Fsp3) is 0.0833. The maximum atomic E-state index is 12.2. The van der Waals surface area contributed by atoms with E-state index in [9.17, 15) is 19.7 Å². The Kier molecular flexibility index (Phi) is 3.94. The summed E-state index contributed by atoms with van der Waals surface area (Å²) in [6.45, 7) is 0. The molecule has 0 spiro atoms. The number of non-ortho nitro benzene ring substituents is 1. The fourth-order valence-electron chi connectivity index (χ4n) is 1.78. The van der Waals surface area contributed by atoms with Gasteiger partial charge in [0.25, 0.3) is 11.2 Å². The summed E-state index contributed by atoms with van der Waals surface area (Å²) in [5.41, 5.74) is -0.621. The van der Waals surface area contributed by atoms with E-state index in [1.165, 1.54) is 30.5 Å². The van der Waals surface area contributed by atoms with Gasteiger partial charge in [0, 0.05) is 23.9 Å². The van der Waals surface area contributed by atoms with Gasteiger partial charge in [-0.25, -0.2) is 0 Å². The molecule has 108 valence electrons. The van der Waals surface area contributed by atoms with Crippen LogP contribution in [0.3, 0.4) is 0 Å². The van der Waals surface area contributed by atoms with Crippen molar-refractivity contribution in [2.75, 3.05) is 0 Å². The highest BCUT2D eigenvalue weighted by Gasteiger charge is 2.13. The smallest absolute Gasteiger partial charge is 0.308 e. The number of aromatic nitrogens is 2. The van der Waals surface area contributed by atoms with Crippen LogP contribution in [-0.2, 0) is 11.2 Å². The zero-order valence-corrected chi connectivity index (χ0v) is 11.3. The van der Waals surface area contributed by atoms with Crippen molar-refractivity contribution in [3.8, 4) is 5.69 Å². The first-order valence-electron chi connectivity index (χ1n) is 5.70. The monoisotopic (exact) mass is 307 g/mol. The van der Waals surface area contributed by atoms with Crippen LogP contribution >= 0.6 is 12.2 Å². The summed E-state index contributed by atoms with van der Waals surface area (Å²) in [5.74, 6) is -1.16. The Bertz CT molecular complexity index is 839. The third kappa shape index (κ3) is 3.03. The first-order valence-corrected chi connectivity index (χ1v) is 6.11. The normalized spacial score (nSPS) is 10.3. The van der Waals surface area contributed by atoms with Crippen LogP contribution in [0.5, 0.6) is 0 Å². The van der Waals surface area contributed by atoms with E-state index in [0.29, 0.717) is 0 Å². The van der Waals surface area contributed by atoms with E-state index in [0.717, 1.165) is 4.57 Å². The van der Waals surface area contributed by atoms with Crippen molar-refractivity contribution in [2.24, 2.45) is 0 Å². The van der Waals surface area contributed by atoms with Crippen molar-refractivity contribution in [1.82, 2.24) is 9.55 Å². The average molecular weight is 307 g/mol. The fourth-order valence-corrected chi connectivity index (χ4v) is 2.03. The van der Waals surface area contributed by atoms with Gasteiger partial charge < -0.3 is 10.1 Å². The zero-order valence-electron chi connectivity index (χ0n) is 10.5. The molecule has 0 unspecified atom stereocenters. The molecule has 1 heterocycles. The highest BCUT2D eigenvalue weighted by atomic mass is 32.1. The molecule has 2 aromatic rings. The van der Waals surface area contributed by atoms with Gasteiger partial charge in [-0.1, -0.05) is 6.07 Å². The highest BCUT2D eigenvalue weighted by molar-refractivity contribution is 7.71. The van der Waals surface area contributed by atoms with Gasteiger partial charge in [-0.05, 0) is 18.3 Å². The van der Waals surface area contributed by atoms with Crippen LogP contribution in [0.25, 0.3) is 5.69 Å². The van der Waals surface area contributed by atoms with E-state index in [-0.39, 0.29) is 21.7 Å². The standard InChI is InChI=1S/C12H9N3O5S/c16-10(17)4-7-6-13-12(21)14(11(7)18)8-2-1-3-9(5-8)15(19)20/h1-3,5-6H,4H2,(H,13,21)(H,16,17). The number of nitrogens with zero attached hydrogens (tertiary/aromatic N) is 2. The Morgan fingerprint density at radius 3 is 2.81 bits per heavy atom. The van der Waals surface area contributed by atoms with Gasteiger partial charge in [-0.3, -0.25) is 24.3 Å². The lowest BCUT2D eigenvalue weighted by molar-refractivity contribution is -0.384. The first-order chi connectivity index (χ1) is 9.90. The quantitative estimate of drug-likeness (QED) is 0.501. The molecule has 0 aliphatic carbocycles. The summed E-state index contributed by atoms with van der Waals surface area (Å²) < 4.78 is 1.05. The van der Waals surface area contributed by atoms with Gasteiger partial charge in [0.15, 0.2) is 4.77 Å². The molecule has 8 nitrogen and oxygen atoms in total. The molecule has 0 saturated heterocycles. The molecule has 2 N–H and O–H groups in total. The number of H-pyrrole nitrogens is 1. The minimum absolute atomic E-state index is 0.00241. The van der Waals surface area contributed by atoms with Crippen molar-refractivity contribution in [3.63, 3.8) is 0 Å². The summed E-state index contributed by atoms with van der Waals surface area (Å²) in [6.07, 6.45) is 0.756. The third-order valence-corrected chi connectivity index (χ3v) is 2.99. The largest absolute Gasteiger partial charge is 0.481 e. The number of hydrogen-bond donors (Lipinski definition) is 2. The minimum Gasteiger partial charge on any atom is -0.481 e. The van der Waals surface area contributed by atoms with Crippen LogP contribution in [0, 0.1) is 14.9 Å². The summed E-state index contributed by atoms with van der Waals surface area (Å²) in [4.78, 5) is 35.8. The number of nitrogens with one attached hydrogen (secondary N) is 1. The molecule has 0 saturated carbocycles. The molecule has 9 heteroatoms. The van der Waals surface area contributed by atoms with E-state index >= 15 is 0 Å². The number of carboxylic acid groups (broad SMARTS) is 1. The lowest BCUT2D eigenvalue weighted by Crippen LogP contribution is -2.25. The number of carboxylic acids is 1. The second kappa shape index (κ2) is 5.67. The minimum atomic E-state index is -1.16. The predicted molar refractivity (Wildman–Crippen MR) is 75.2 cm³/mol. The molecular formula is C12H9N3O5S. The number of carbonyl (C=O) groups is 1. The van der Waals surface area contributed by atoms with Crippen LogP contribution in [0.15, 0.2) is 35.3 Å². The molecule has 0 atom stereocenters. The molecule has 1 aromatic carbocycles. The number of nitro groups is 1. The Balaban J connectivity index is 2.66. The van der Waals surface area contributed by atoms with Crippen LogP contribution in [-0.4, -0.2) is 25.6 Å². The van der Waals surface area contributed by atoms with Gasteiger partial charge in [-0.2, -0.15) is 0 Å². The molecular weight excluding hydrogens is 298 g/mol. The molecule has 21 heavy (non-hydrogen) atoms. The predicted octanol–water partition coefficient (Wildman–Crippen LogP) is 1.43. The Morgan fingerprint density at radius 1 is 1.48 bits per heavy atom. The second-order valence-corrected chi connectivity index (χ2v) is 4.49. The molecule has 0 aliphatic heterocycles. The summed E-state index contributed by atoms with van der Waals surface area (Å²) in [5, 5.41) is 19.5. The third-order valence-electron chi connectivity index (χ3n) is 2.69. The van der Waals surface area contributed by atoms with Gasteiger partial charge in [-0.15, -0.1) is 0 Å². The molecule has 0 fully saturated rings. The van der Waals surface area contributed by atoms with Crippen LogP contribution in [0.2, 0.25) is 0 Å². The van der Waals surface area contributed by atoms with Crippen LogP contribution < -0.4 is 5.56 Å². The molecule has 0 bridgehead atoms. The van der Waals surface area contributed by atoms with Gasteiger partial charge in [0.2, 0.25) is 0 Å². The second-order valence-electron chi connectivity index (χ2n) is 4.11. The Labute approximate surface area is 122 Å². The number of rotatable bonds is 4. The van der Waals surface area contributed by atoms with E-state index in [1.807, 2.05) is 0 Å².